The zero-order valence-corrected chi connectivity index (χ0v) is 21.1. The molecule has 176 valence electrons. The summed E-state index contributed by atoms with van der Waals surface area (Å²) in [6.45, 7) is 9.02. The number of ether oxygens (including phenoxy) is 3. The Hall–Kier alpha value is -2.76. The third-order valence-corrected chi connectivity index (χ3v) is 6.53. The van der Waals surface area contributed by atoms with Crippen LogP contribution in [0.1, 0.15) is 38.2 Å². The number of allylic oxidation sites excluding steroid dienone is 3. The Balaban J connectivity index is 2.23. The maximum atomic E-state index is 13.5. The molecular formula is C25H30BrN3O4. The highest BCUT2D eigenvalue weighted by molar-refractivity contribution is 9.10. The fourth-order valence-corrected chi connectivity index (χ4v) is 5.11. The van der Waals surface area contributed by atoms with Gasteiger partial charge in [-0.15, -0.1) is 0 Å². The van der Waals surface area contributed by atoms with E-state index in [2.05, 4.69) is 42.4 Å². The van der Waals surface area contributed by atoms with Gasteiger partial charge in [-0.2, -0.15) is 5.26 Å². The Morgan fingerprint density at radius 3 is 2.70 bits per heavy atom. The number of rotatable bonds is 8. The highest BCUT2D eigenvalue weighted by Crippen LogP contribution is 2.50. The molecule has 1 aromatic carbocycles. The molecule has 2 N–H and O–H groups in total. The summed E-state index contributed by atoms with van der Waals surface area (Å²) < 4.78 is 17.2. The lowest BCUT2D eigenvalue weighted by atomic mass is 9.68. The van der Waals surface area contributed by atoms with E-state index in [1.807, 2.05) is 11.0 Å². The lowest BCUT2D eigenvalue weighted by Gasteiger charge is -2.43. The Bertz CT molecular complexity index is 1070. The van der Waals surface area contributed by atoms with E-state index in [-0.39, 0.29) is 11.2 Å². The molecule has 7 nitrogen and oxygen atoms in total. The predicted molar refractivity (Wildman–Crippen MR) is 130 cm³/mol. The van der Waals surface area contributed by atoms with E-state index in [4.69, 9.17) is 19.9 Å². The van der Waals surface area contributed by atoms with Gasteiger partial charge in [-0.1, -0.05) is 26.5 Å². The van der Waals surface area contributed by atoms with Gasteiger partial charge >= 0.3 is 0 Å². The summed E-state index contributed by atoms with van der Waals surface area (Å²) in [6, 6.07) is 5.94. The first-order valence-electron chi connectivity index (χ1n) is 10.7. The van der Waals surface area contributed by atoms with Gasteiger partial charge in [0, 0.05) is 31.3 Å². The molecular weight excluding hydrogens is 486 g/mol. The van der Waals surface area contributed by atoms with E-state index >= 15 is 0 Å². The first kappa shape index (κ1) is 24.9. The lowest BCUT2D eigenvalue weighted by molar-refractivity contribution is -0.118. The zero-order chi connectivity index (χ0) is 24.3. The molecule has 0 radical (unpaired) electrons. The van der Waals surface area contributed by atoms with Gasteiger partial charge < -0.3 is 24.8 Å². The van der Waals surface area contributed by atoms with Crippen LogP contribution in [0.25, 0.3) is 0 Å². The first-order valence-corrected chi connectivity index (χ1v) is 11.5. The largest absolute Gasteiger partial charge is 0.493 e. The number of hydrogen-bond donors (Lipinski definition) is 1. The number of benzene rings is 1. The zero-order valence-electron chi connectivity index (χ0n) is 19.5. The Morgan fingerprint density at radius 2 is 2.09 bits per heavy atom. The van der Waals surface area contributed by atoms with Crippen molar-refractivity contribution in [1.29, 1.82) is 5.26 Å². The van der Waals surface area contributed by atoms with Gasteiger partial charge in [0.2, 0.25) is 0 Å². The molecule has 0 amide bonds. The van der Waals surface area contributed by atoms with E-state index in [0.29, 0.717) is 65.5 Å². The Labute approximate surface area is 203 Å². The van der Waals surface area contributed by atoms with Crippen LogP contribution in [0.2, 0.25) is 0 Å². The highest BCUT2D eigenvalue weighted by atomic mass is 79.9. The fraction of sp³-hybridized carbons (Fsp3) is 0.440. The minimum atomic E-state index is -0.592. The topological polar surface area (TPSA) is 97.8 Å². The molecule has 1 aliphatic heterocycles. The number of ketones is 1. The monoisotopic (exact) mass is 515 g/mol. The quantitative estimate of drug-likeness (QED) is 0.512. The summed E-state index contributed by atoms with van der Waals surface area (Å²) in [5.41, 5.74) is 8.89. The molecule has 8 heteroatoms. The van der Waals surface area contributed by atoms with Crippen molar-refractivity contribution in [2.24, 2.45) is 11.1 Å². The number of carbonyl (C=O) groups excluding carboxylic acids is 1. The second-order valence-corrected chi connectivity index (χ2v) is 9.78. The van der Waals surface area contributed by atoms with Gasteiger partial charge in [0.05, 0.1) is 35.7 Å². The number of halogens is 1. The fourth-order valence-electron chi connectivity index (χ4n) is 4.54. The second kappa shape index (κ2) is 10.0. The molecule has 33 heavy (non-hydrogen) atoms. The summed E-state index contributed by atoms with van der Waals surface area (Å²) in [5, 5.41) is 10.1. The molecule has 2 aliphatic rings. The van der Waals surface area contributed by atoms with E-state index in [1.165, 1.54) is 0 Å². The number of nitrogens with zero attached hydrogens (tertiary/aromatic N) is 2. The minimum Gasteiger partial charge on any atom is -0.493 e. The van der Waals surface area contributed by atoms with Gasteiger partial charge in [-0.05, 0) is 45.5 Å². The number of methoxy groups -OCH3 is 2. The average Bonchev–Trinajstić information content (AvgIpc) is 2.75. The average molecular weight is 516 g/mol. The SMILES string of the molecule is C=CCOc1c(Br)cc([C@H]2C(C#N)=C(N)N(CCOC)C3=C2C(=O)CC(C)(C)C3)cc1OC. The van der Waals surface area contributed by atoms with Crippen molar-refractivity contribution in [1.82, 2.24) is 4.90 Å². The molecule has 0 fully saturated rings. The maximum absolute atomic E-state index is 13.5. The van der Waals surface area contributed by atoms with Crippen LogP contribution in [-0.2, 0) is 9.53 Å². The smallest absolute Gasteiger partial charge is 0.175 e. The first-order chi connectivity index (χ1) is 15.7. The van der Waals surface area contributed by atoms with Crippen molar-refractivity contribution in [2.45, 2.75) is 32.6 Å². The molecule has 3 rings (SSSR count). The van der Waals surface area contributed by atoms with E-state index in [1.54, 1.807) is 26.4 Å². The number of nitrogens with two attached hydrogens (primary N) is 1. The van der Waals surface area contributed by atoms with Crippen LogP contribution < -0.4 is 15.2 Å². The number of Topliss-reactive ketones (excluding diaryl/α,β-unsaturated/α-hetero) is 1. The van der Waals surface area contributed by atoms with Gasteiger partial charge in [-0.25, -0.2) is 0 Å². The lowest BCUT2D eigenvalue weighted by Crippen LogP contribution is -2.43. The normalized spacial score (nSPS) is 19.8. The Morgan fingerprint density at radius 1 is 1.36 bits per heavy atom. The van der Waals surface area contributed by atoms with E-state index < -0.39 is 5.92 Å². The van der Waals surface area contributed by atoms with Crippen molar-refractivity contribution in [3.63, 3.8) is 0 Å². The summed E-state index contributed by atoms with van der Waals surface area (Å²) >= 11 is 3.56. The van der Waals surface area contributed by atoms with Crippen molar-refractivity contribution >= 4 is 21.7 Å². The van der Waals surface area contributed by atoms with Crippen LogP contribution in [0.4, 0.5) is 0 Å². The predicted octanol–water partition coefficient (Wildman–Crippen LogP) is 4.41. The van der Waals surface area contributed by atoms with Gasteiger partial charge in [-0.3, -0.25) is 4.79 Å². The second-order valence-electron chi connectivity index (χ2n) is 8.92. The van der Waals surface area contributed by atoms with Gasteiger partial charge in [0.25, 0.3) is 0 Å². The van der Waals surface area contributed by atoms with Crippen molar-refractivity contribution in [3.8, 4) is 17.6 Å². The van der Waals surface area contributed by atoms with Crippen molar-refractivity contribution < 1.29 is 19.0 Å². The molecule has 1 heterocycles. The molecule has 0 bridgehead atoms. The number of hydrogen-bond acceptors (Lipinski definition) is 7. The minimum absolute atomic E-state index is 0.0241. The summed E-state index contributed by atoms with van der Waals surface area (Å²) in [5.74, 6) is 0.803. The van der Waals surface area contributed by atoms with Crippen LogP contribution >= 0.6 is 15.9 Å². The summed E-state index contributed by atoms with van der Waals surface area (Å²) in [7, 11) is 3.16. The van der Waals surface area contributed by atoms with Crippen molar-refractivity contribution in [3.05, 3.63) is 57.5 Å². The van der Waals surface area contributed by atoms with Crippen LogP contribution in [0.15, 0.2) is 51.9 Å². The van der Waals surface area contributed by atoms with E-state index in [0.717, 1.165) is 11.3 Å². The van der Waals surface area contributed by atoms with E-state index in [9.17, 15) is 10.1 Å². The highest BCUT2D eigenvalue weighted by Gasteiger charge is 2.44. The molecule has 1 aromatic rings. The van der Waals surface area contributed by atoms with Crippen LogP contribution in [0.5, 0.6) is 11.5 Å². The molecule has 1 atom stereocenters. The molecule has 0 aromatic heterocycles. The van der Waals surface area contributed by atoms with Crippen LogP contribution in [0.3, 0.4) is 0 Å². The molecule has 0 saturated carbocycles. The molecule has 0 saturated heterocycles. The van der Waals surface area contributed by atoms with Gasteiger partial charge in [0.1, 0.15) is 12.4 Å². The summed E-state index contributed by atoms with van der Waals surface area (Å²) in [6.07, 6.45) is 2.72. The van der Waals surface area contributed by atoms with Gasteiger partial charge in [0.15, 0.2) is 17.3 Å². The molecule has 0 spiro atoms. The molecule has 0 unspecified atom stereocenters. The third-order valence-electron chi connectivity index (χ3n) is 5.94. The van der Waals surface area contributed by atoms with Crippen LogP contribution in [0, 0.1) is 16.7 Å². The Kier molecular flexibility index (Phi) is 7.55. The molecule has 1 aliphatic carbocycles. The summed E-state index contributed by atoms with van der Waals surface area (Å²) in [4.78, 5) is 15.4. The van der Waals surface area contributed by atoms with Crippen LogP contribution in [-0.4, -0.2) is 44.7 Å². The third kappa shape index (κ3) is 4.80. The van der Waals surface area contributed by atoms with Crippen molar-refractivity contribution in [2.75, 3.05) is 34.0 Å². The maximum Gasteiger partial charge on any atom is 0.175 e. The standard InChI is InChI=1S/C25H30BrN3O4/c1-6-8-33-23-17(26)10-15(11-20(23)32-5)21-16(14-27)24(28)29(7-9-31-4)18-12-25(2,3)13-19(30)22(18)21/h6,10-11,21H,1,7-9,12-13,28H2,2-5H3/t21-/m0/s1. The number of nitriles is 1. The number of carbonyl (C=O) groups is 1.